The quantitative estimate of drug-likeness (QED) is 0.292. The number of methoxy groups -OCH3 is 1. The van der Waals surface area contributed by atoms with Crippen LogP contribution in [0.25, 0.3) is 22.3 Å². The van der Waals surface area contributed by atoms with E-state index in [-0.39, 0.29) is 0 Å². The average Bonchev–Trinajstić information content (AvgIpc) is 3.69. The Morgan fingerprint density at radius 3 is 2.08 bits per heavy atom. The molecule has 0 spiro atoms. The lowest BCUT2D eigenvalue weighted by molar-refractivity contribution is -0.140. The van der Waals surface area contributed by atoms with Crippen molar-refractivity contribution < 1.29 is 24.2 Å². The van der Waals surface area contributed by atoms with Crippen molar-refractivity contribution in [1.29, 1.82) is 0 Å². The van der Waals surface area contributed by atoms with E-state index in [0.29, 0.717) is 30.1 Å². The molecular formula is C30H29N3O5. The molecule has 0 radical (unpaired) electrons. The van der Waals surface area contributed by atoms with Crippen LogP contribution < -0.4 is 10.1 Å². The molecule has 1 heterocycles. The van der Waals surface area contributed by atoms with Crippen molar-refractivity contribution in [2.45, 2.75) is 31.3 Å². The number of hydrogen-bond donors (Lipinski definition) is 2. The maximum absolute atomic E-state index is 12.8. The number of anilines is 1. The SMILES string of the molecule is COc1nn(C)c(NC(=O)OC(C)c2ccccc2)c1-c1ccc(-c2ccc(C3(C(=O)O)CC3)cc2)cc1. The molecule has 0 aliphatic heterocycles. The van der Waals surface area contributed by atoms with Gasteiger partial charge in [0.2, 0.25) is 5.88 Å². The Labute approximate surface area is 220 Å². The monoisotopic (exact) mass is 511 g/mol. The Balaban J connectivity index is 1.36. The molecule has 1 unspecified atom stereocenters. The van der Waals surface area contributed by atoms with Crippen molar-refractivity contribution in [3.63, 3.8) is 0 Å². The van der Waals surface area contributed by atoms with E-state index < -0.39 is 23.6 Å². The Hall–Kier alpha value is -4.59. The number of benzene rings is 3. The lowest BCUT2D eigenvalue weighted by atomic mass is 9.93. The molecule has 1 amide bonds. The van der Waals surface area contributed by atoms with Gasteiger partial charge in [-0.15, -0.1) is 5.10 Å². The molecule has 8 nitrogen and oxygen atoms in total. The van der Waals surface area contributed by atoms with Crippen LogP contribution >= 0.6 is 0 Å². The largest absolute Gasteiger partial charge is 0.481 e. The number of ether oxygens (including phenoxy) is 2. The van der Waals surface area contributed by atoms with Crippen molar-refractivity contribution in [1.82, 2.24) is 9.78 Å². The van der Waals surface area contributed by atoms with Crippen LogP contribution in [0.4, 0.5) is 10.6 Å². The van der Waals surface area contributed by atoms with Gasteiger partial charge in [-0.05, 0) is 47.6 Å². The standard InChI is InChI=1S/C30H29N3O5/c1-19(20-7-5-4-6-8-20)38-29(36)31-26-25(27(37-3)32-33(26)2)23-11-9-21(10-12-23)22-13-15-24(16-14-22)30(17-18-30)28(34)35/h4-16,19H,17-18H2,1-3H3,(H,31,36)(H,34,35). The van der Waals surface area contributed by atoms with Gasteiger partial charge in [-0.3, -0.25) is 10.1 Å². The van der Waals surface area contributed by atoms with Gasteiger partial charge in [0, 0.05) is 7.05 Å². The van der Waals surface area contributed by atoms with Crippen LogP contribution in [0.3, 0.4) is 0 Å². The fraction of sp³-hybridized carbons (Fsp3) is 0.233. The predicted octanol–water partition coefficient (Wildman–Crippen LogP) is 6.19. The fourth-order valence-electron chi connectivity index (χ4n) is 4.69. The second-order valence-corrected chi connectivity index (χ2v) is 9.48. The topological polar surface area (TPSA) is 103 Å². The van der Waals surface area contributed by atoms with Gasteiger partial charge >= 0.3 is 12.1 Å². The summed E-state index contributed by atoms with van der Waals surface area (Å²) < 4.78 is 12.6. The molecule has 1 atom stereocenters. The molecule has 1 fully saturated rings. The minimum atomic E-state index is -0.761. The lowest BCUT2D eigenvalue weighted by Crippen LogP contribution is -2.19. The molecule has 1 aliphatic rings. The highest BCUT2D eigenvalue weighted by Crippen LogP contribution is 2.48. The highest BCUT2D eigenvalue weighted by molar-refractivity contribution is 5.92. The van der Waals surface area contributed by atoms with Gasteiger partial charge in [0.15, 0.2) is 0 Å². The zero-order valence-corrected chi connectivity index (χ0v) is 21.5. The number of rotatable bonds is 8. The van der Waals surface area contributed by atoms with Crippen molar-refractivity contribution >= 4 is 17.9 Å². The Morgan fingerprint density at radius 1 is 0.947 bits per heavy atom. The Kier molecular flexibility index (Phi) is 6.63. The second kappa shape index (κ2) is 10.0. The molecule has 38 heavy (non-hydrogen) atoms. The highest BCUT2D eigenvalue weighted by Gasteiger charge is 2.51. The summed E-state index contributed by atoms with van der Waals surface area (Å²) in [5, 5.41) is 16.8. The summed E-state index contributed by atoms with van der Waals surface area (Å²) >= 11 is 0. The predicted molar refractivity (Wildman–Crippen MR) is 144 cm³/mol. The Bertz CT molecular complexity index is 1460. The van der Waals surface area contributed by atoms with Crippen LogP contribution in [0, 0.1) is 0 Å². The third-order valence-corrected chi connectivity index (χ3v) is 7.09. The number of carboxylic acid groups (broad SMARTS) is 1. The van der Waals surface area contributed by atoms with E-state index in [9.17, 15) is 14.7 Å². The van der Waals surface area contributed by atoms with E-state index in [1.54, 1.807) is 11.7 Å². The number of aliphatic carboxylic acids is 1. The molecule has 194 valence electrons. The van der Waals surface area contributed by atoms with Crippen LogP contribution in [-0.2, 0) is 22.0 Å². The van der Waals surface area contributed by atoms with Crippen molar-refractivity contribution in [2.75, 3.05) is 12.4 Å². The number of nitrogens with one attached hydrogen (secondary N) is 1. The van der Waals surface area contributed by atoms with Crippen LogP contribution in [0.2, 0.25) is 0 Å². The third-order valence-electron chi connectivity index (χ3n) is 7.09. The molecule has 5 rings (SSSR count). The first-order chi connectivity index (χ1) is 18.3. The molecule has 1 aliphatic carbocycles. The number of aryl methyl sites for hydroxylation is 1. The second-order valence-electron chi connectivity index (χ2n) is 9.48. The number of carbonyl (C=O) groups is 2. The van der Waals surface area contributed by atoms with E-state index in [1.165, 1.54) is 7.11 Å². The first kappa shape index (κ1) is 25.1. The van der Waals surface area contributed by atoms with Gasteiger partial charge in [0.1, 0.15) is 11.9 Å². The van der Waals surface area contributed by atoms with E-state index in [4.69, 9.17) is 9.47 Å². The molecule has 0 saturated heterocycles. The minimum Gasteiger partial charge on any atom is -0.481 e. The first-order valence-electron chi connectivity index (χ1n) is 12.4. The molecule has 2 N–H and O–H groups in total. The van der Waals surface area contributed by atoms with Gasteiger partial charge in [-0.2, -0.15) is 0 Å². The van der Waals surface area contributed by atoms with Gasteiger partial charge in [-0.1, -0.05) is 78.9 Å². The molecule has 4 aromatic rings. The lowest BCUT2D eigenvalue weighted by Gasteiger charge is -2.15. The number of carbonyl (C=O) groups excluding carboxylic acids is 1. The Morgan fingerprint density at radius 2 is 1.53 bits per heavy atom. The fourth-order valence-corrected chi connectivity index (χ4v) is 4.69. The minimum absolute atomic E-state index is 0.374. The van der Waals surface area contributed by atoms with Crippen molar-refractivity contribution in [3.05, 3.63) is 90.0 Å². The summed E-state index contributed by atoms with van der Waals surface area (Å²) in [5.74, 6) is 0.0647. The average molecular weight is 512 g/mol. The molecule has 3 aromatic carbocycles. The van der Waals surface area contributed by atoms with Gasteiger partial charge in [0.05, 0.1) is 18.1 Å². The van der Waals surface area contributed by atoms with Crippen molar-refractivity contribution in [3.8, 4) is 28.1 Å². The normalized spacial score (nSPS) is 14.4. The van der Waals surface area contributed by atoms with Crippen LogP contribution in [-0.4, -0.2) is 34.1 Å². The number of nitrogens with zero attached hydrogens (tertiary/aromatic N) is 2. The van der Waals surface area contributed by atoms with Crippen molar-refractivity contribution in [2.24, 2.45) is 7.05 Å². The molecule has 1 aromatic heterocycles. The van der Waals surface area contributed by atoms with Crippen LogP contribution in [0.15, 0.2) is 78.9 Å². The first-order valence-corrected chi connectivity index (χ1v) is 12.4. The van der Waals surface area contributed by atoms with E-state index in [0.717, 1.165) is 27.8 Å². The van der Waals surface area contributed by atoms with Gasteiger partial charge < -0.3 is 14.6 Å². The van der Waals surface area contributed by atoms with E-state index in [1.807, 2.05) is 85.8 Å². The molecular weight excluding hydrogens is 482 g/mol. The number of amides is 1. The zero-order valence-electron chi connectivity index (χ0n) is 21.5. The van der Waals surface area contributed by atoms with E-state index in [2.05, 4.69) is 10.4 Å². The van der Waals surface area contributed by atoms with Crippen LogP contribution in [0.1, 0.15) is 37.0 Å². The number of carboxylic acids is 1. The summed E-state index contributed by atoms with van der Waals surface area (Å²) in [6, 6.07) is 25.0. The highest BCUT2D eigenvalue weighted by atomic mass is 16.6. The molecule has 1 saturated carbocycles. The summed E-state index contributed by atoms with van der Waals surface area (Å²) in [6.07, 6.45) is 0.335. The summed E-state index contributed by atoms with van der Waals surface area (Å²) in [5.41, 5.74) is 4.43. The number of hydrogen-bond acceptors (Lipinski definition) is 5. The maximum Gasteiger partial charge on any atom is 0.413 e. The smallest absolute Gasteiger partial charge is 0.413 e. The van der Waals surface area contributed by atoms with Gasteiger partial charge in [-0.25, -0.2) is 9.48 Å². The van der Waals surface area contributed by atoms with Gasteiger partial charge in [0.25, 0.3) is 0 Å². The summed E-state index contributed by atoms with van der Waals surface area (Å²) in [4.78, 5) is 24.4. The van der Waals surface area contributed by atoms with E-state index >= 15 is 0 Å². The summed E-state index contributed by atoms with van der Waals surface area (Å²) in [6.45, 7) is 1.82. The molecule has 8 heteroatoms. The summed E-state index contributed by atoms with van der Waals surface area (Å²) in [7, 11) is 3.26. The molecule has 0 bridgehead atoms. The maximum atomic E-state index is 12.8. The zero-order chi connectivity index (χ0) is 26.9. The number of aromatic nitrogens is 2. The van der Waals surface area contributed by atoms with Crippen LogP contribution in [0.5, 0.6) is 5.88 Å². The third kappa shape index (κ3) is 4.72.